The van der Waals surface area contributed by atoms with Crippen molar-refractivity contribution in [1.82, 2.24) is 39.9 Å². The molecule has 4 aromatic heterocycles. The Balaban J connectivity index is 1.28. The fraction of sp³-hybridized carbons (Fsp3) is 0.419. The fourth-order valence-corrected chi connectivity index (χ4v) is 5.83. The minimum Gasteiger partial charge on any atom is -0.367 e. The number of H-pyrrole nitrogens is 2. The highest BCUT2D eigenvalue weighted by Gasteiger charge is 2.20. The number of pyridine rings is 2. The van der Waals surface area contributed by atoms with Crippen molar-refractivity contribution in [1.29, 1.82) is 0 Å². The number of likely N-dealkylation sites (N-methyl/N-ethyl adjacent to an activating group) is 1. The molecular weight excluding hydrogens is 498 g/mol. The fourth-order valence-electron chi connectivity index (χ4n) is 5.83. The molecule has 0 aliphatic carbocycles. The zero-order valence-corrected chi connectivity index (χ0v) is 23.7. The first-order chi connectivity index (χ1) is 19.6. The summed E-state index contributed by atoms with van der Waals surface area (Å²) in [6, 6.07) is 4.34. The number of aryl methyl sites for hydroxylation is 1. The number of rotatable bonds is 8. The highest BCUT2D eigenvalue weighted by molar-refractivity contribution is 5.90. The maximum Gasteiger partial charge on any atom is 0.180 e. The molecule has 0 amide bonds. The summed E-state index contributed by atoms with van der Waals surface area (Å²) in [5.74, 6) is 0.686. The van der Waals surface area contributed by atoms with Gasteiger partial charge in [-0.15, -0.1) is 0 Å². The van der Waals surface area contributed by atoms with Crippen molar-refractivity contribution in [2.24, 2.45) is 0 Å². The number of imidazole rings is 1. The van der Waals surface area contributed by atoms with Crippen LogP contribution in [0.2, 0.25) is 0 Å². The molecule has 0 aromatic carbocycles. The molecule has 2 aliphatic heterocycles. The van der Waals surface area contributed by atoms with Gasteiger partial charge in [-0.3, -0.25) is 10.1 Å². The van der Waals surface area contributed by atoms with Crippen LogP contribution in [0.3, 0.4) is 0 Å². The third-order valence-corrected chi connectivity index (χ3v) is 8.20. The van der Waals surface area contributed by atoms with E-state index in [9.17, 15) is 0 Å². The van der Waals surface area contributed by atoms with Gasteiger partial charge in [-0.2, -0.15) is 5.10 Å². The Labute approximate surface area is 235 Å². The summed E-state index contributed by atoms with van der Waals surface area (Å²) in [5.41, 5.74) is 6.95. The molecule has 4 aromatic rings. The van der Waals surface area contributed by atoms with Crippen LogP contribution in [0.25, 0.3) is 40.9 Å². The Hall–Kier alpha value is -3.82. The van der Waals surface area contributed by atoms with Crippen LogP contribution in [0.4, 0.5) is 5.69 Å². The van der Waals surface area contributed by atoms with Crippen molar-refractivity contribution in [2.45, 2.75) is 32.6 Å². The molecule has 6 heterocycles. The van der Waals surface area contributed by atoms with Gasteiger partial charge in [0, 0.05) is 50.0 Å². The summed E-state index contributed by atoms with van der Waals surface area (Å²) in [5, 5.41) is 9.33. The van der Waals surface area contributed by atoms with Crippen LogP contribution in [-0.2, 0) is 6.42 Å². The van der Waals surface area contributed by atoms with Gasteiger partial charge in [0.25, 0.3) is 0 Å². The average molecular weight is 538 g/mol. The molecule has 2 aliphatic rings. The molecule has 0 bridgehead atoms. The standard InChI is InChI=1S/C31H39N9/c1-4-24(25-18-23(20-32-21-25)8-7-13-39-11-5-6-12-39)19-26-22(2)36-37-28(26)31-34-29-27(9-10-33-30(29)35-31)40-16-14-38(3)15-17-40/h4,9-10,18-21,36H,2,5-8,11-17H2,1,3H3,(H,33,34,35)/b24-4+,26-19+. The van der Waals surface area contributed by atoms with E-state index in [0.29, 0.717) is 11.5 Å². The molecule has 40 heavy (non-hydrogen) atoms. The Morgan fingerprint density at radius 1 is 1.10 bits per heavy atom. The van der Waals surface area contributed by atoms with Crippen LogP contribution in [0, 0.1) is 0 Å². The Bertz CT molecular complexity index is 1600. The van der Waals surface area contributed by atoms with Gasteiger partial charge in [0.15, 0.2) is 11.5 Å². The number of aromatic amines is 2. The highest BCUT2D eigenvalue weighted by Crippen LogP contribution is 2.26. The minimum atomic E-state index is 0.686. The topological polar surface area (TPSA) is 92.9 Å². The lowest BCUT2D eigenvalue weighted by Gasteiger charge is -2.34. The number of hydrogen-bond acceptors (Lipinski definition) is 7. The summed E-state index contributed by atoms with van der Waals surface area (Å²) < 4.78 is 0. The van der Waals surface area contributed by atoms with Crippen molar-refractivity contribution >= 4 is 35.1 Å². The Morgan fingerprint density at radius 3 is 2.73 bits per heavy atom. The lowest BCUT2D eigenvalue weighted by molar-refractivity contribution is 0.313. The Kier molecular flexibility index (Phi) is 7.75. The van der Waals surface area contributed by atoms with Gasteiger partial charge >= 0.3 is 0 Å². The SMILES string of the molecule is C=c1[nH]nc(-c2nc3nccc(N4CCN(C)CC4)c3[nH]2)/c1=C/C(=C\C)c1cncc(CCCN2CCCC2)c1. The van der Waals surface area contributed by atoms with Crippen LogP contribution < -0.4 is 15.5 Å². The Morgan fingerprint density at radius 2 is 1.93 bits per heavy atom. The van der Waals surface area contributed by atoms with E-state index in [1.54, 1.807) is 0 Å². The molecular formula is C31H39N9. The van der Waals surface area contributed by atoms with Gasteiger partial charge in [-0.05, 0) is 94.2 Å². The van der Waals surface area contributed by atoms with E-state index < -0.39 is 0 Å². The lowest BCUT2D eigenvalue weighted by Crippen LogP contribution is -2.44. The average Bonchev–Trinajstić information content (AvgIpc) is 3.72. The van der Waals surface area contributed by atoms with E-state index in [-0.39, 0.29) is 0 Å². The van der Waals surface area contributed by atoms with Crippen molar-refractivity contribution in [3.63, 3.8) is 0 Å². The number of anilines is 1. The molecule has 0 spiro atoms. The summed E-state index contributed by atoms with van der Waals surface area (Å²) >= 11 is 0. The molecule has 0 unspecified atom stereocenters. The van der Waals surface area contributed by atoms with Gasteiger partial charge in [0.1, 0.15) is 11.2 Å². The minimum absolute atomic E-state index is 0.686. The number of allylic oxidation sites excluding steroid dienone is 2. The van der Waals surface area contributed by atoms with Crippen LogP contribution >= 0.6 is 0 Å². The summed E-state index contributed by atoms with van der Waals surface area (Å²) in [7, 11) is 2.17. The second-order valence-electron chi connectivity index (χ2n) is 11.0. The summed E-state index contributed by atoms with van der Waals surface area (Å²) in [6.45, 7) is 14.0. The van der Waals surface area contributed by atoms with E-state index in [4.69, 9.17) is 4.98 Å². The number of fused-ring (bicyclic) bond motifs is 1. The molecule has 9 heteroatoms. The molecule has 0 saturated carbocycles. The van der Waals surface area contributed by atoms with Crippen LogP contribution in [0.5, 0.6) is 0 Å². The predicted octanol–water partition coefficient (Wildman–Crippen LogP) is 2.82. The first-order valence-electron chi connectivity index (χ1n) is 14.5. The van der Waals surface area contributed by atoms with Crippen LogP contribution in [0.15, 0.2) is 36.8 Å². The van der Waals surface area contributed by atoms with E-state index in [1.165, 1.54) is 38.0 Å². The second-order valence-corrected chi connectivity index (χ2v) is 11.0. The number of nitrogens with zero attached hydrogens (tertiary/aromatic N) is 7. The first kappa shape index (κ1) is 26.4. The molecule has 208 valence electrons. The highest BCUT2D eigenvalue weighted by atomic mass is 15.3. The molecule has 0 atom stereocenters. The third kappa shape index (κ3) is 5.57. The quantitative estimate of drug-likeness (QED) is 0.357. The predicted molar refractivity (Wildman–Crippen MR) is 162 cm³/mol. The van der Waals surface area contributed by atoms with Crippen LogP contribution in [0.1, 0.15) is 37.3 Å². The first-order valence-corrected chi connectivity index (χ1v) is 14.5. The molecule has 2 N–H and O–H groups in total. The van der Waals surface area contributed by atoms with Gasteiger partial charge in [0.05, 0.1) is 11.0 Å². The molecule has 0 radical (unpaired) electrons. The molecule has 6 rings (SSSR count). The van der Waals surface area contributed by atoms with E-state index in [2.05, 4.69) is 84.7 Å². The number of hydrogen-bond donors (Lipinski definition) is 2. The normalized spacial score (nSPS) is 17.9. The van der Waals surface area contributed by atoms with Gasteiger partial charge in [0.2, 0.25) is 0 Å². The largest absolute Gasteiger partial charge is 0.367 e. The van der Waals surface area contributed by atoms with Crippen molar-refractivity contribution in [3.8, 4) is 11.5 Å². The number of nitrogens with one attached hydrogen (secondary N) is 2. The van der Waals surface area contributed by atoms with Crippen molar-refractivity contribution in [3.05, 3.63) is 58.5 Å². The number of aromatic nitrogens is 6. The smallest absolute Gasteiger partial charge is 0.180 e. The summed E-state index contributed by atoms with van der Waals surface area (Å²) in [4.78, 5) is 24.8. The van der Waals surface area contributed by atoms with Crippen molar-refractivity contribution in [2.75, 3.05) is 57.8 Å². The van der Waals surface area contributed by atoms with Gasteiger partial charge in [-0.1, -0.05) is 12.7 Å². The molecule has 9 nitrogen and oxygen atoms in total. The maximum absolute atomic E-state index is 4.84. The van der Waals surface area contributed by atoms with Gasteiger partial charge < -0.3 is 19.7 Å². The van der Waals surface area contributed by atoms with Crippen LogP contribution in [-0.4, -0.2) is 92.8 Å². The molecule has 2 fully saturated rings. The van der Waals surface area contributed by atoms with E-state index >= 15 is 0 Å². The van der Waals surface area contributed by atoms with E-state index in [1.807, 2.05) is 18.6 Å². The number of piperazine rings is 1. The second kappa shape index (κ2) is 11.7. The zero-order chi connectivity index (χ0) is 27.5. The summed E-state index contributed by atoms with van der Waals surface area (Å²) in [6.07, 6.45) is 14.9. The third-order valence-electron chi connectivity index (χ3n) is 8.20. The van der Waals surface area contributed by atoms with Gasteiger partial charge in [-0.25, -0.2) is 9.97 Å². The molecule has 2 saturated heterocycles. The van der Waals surface area contributed by atoms with E-state index in [0.717, 1.165) is 77.6 Å². The number of likely N-dealkylation sites (tertiary alicyclic amines) is 1. The monoisotopic (exact) mass is 537 g/mol. The zero-order valence-electron chi connectivity index (χ0n) is 23.7. The maximum atomic E-state index is 4.84. The lowest BCUT2D eigenvalue weighted by atomic mass is 10.0. The van der Waals surface area contributed by atoms with Crippen molar-refractivity contribution < 1.29 is 0 Å².